The average molecular weight is 256 g/mol. The molecular weight excluding hydrogens is 232 g/mol. The maximum Gasteiger partial charge on any atom is 0.336 e. The van der Waals surface area contributed by atoms with E-state index in [9.17, 15) is 4.79 Å². The standard InChI is InChI=1S/C12H18O4.C2H6/c1-4-14-11(13)8-6-5-7-9-10(8)16-12(2,3)15-9;1-2/h6,9-10H,4-5,7H2,1-3H3;1-2H3. The van der Waals surface area contributed by atoms with Gasteiger partial charge in [-0.15, -0.1) is 0 Å². The Morgan fingerprint density at radius 1 is 1.44 bits per heavy atom. The highest BCUT2D eigenvalue weighted by Crippen LogP contribution is 2.37. The Morgan fingerprint density at radius 3 is 2.72 bits per heavy atom. The number of carbonyl (C=O) groups is 1. The van der Waals surface area contributed by atoms with Crippen LogP contribution in [0.5, 0.6) is 0 Å². The quantitative estimate of drug-likeness (QED) is 0.713. The molecule has 0 amide bonds. The van der Waals surface area contributed by atoms with Crippen molar-refractivity contribution in [1.29, 1.82) is 0 Å². The van der Waals surface area contributed by atoms with E-state index in [0.717, 1.165) is 12.8 Å². The molecule has 2 aliphatic rings. The number of esters is 1. The molecular formula is C14H24O4. The molecule has 1 aliphatic carbocycles. The third-order valence-electron chi connectivity index (χ3n) is 2.82. The molecule has 1 heterocycles. The number of fused-ring (bicyclic) bond motifs is 1. The molecule has 1 saturated heterocycles. The van der Waals surface area contributed by atoms with Crippen LogP contribution in [0, 0.1) is 0 Å². The number of hydrogen-bond donors (Lipinski definition) is 0. The largest absolute Gasteiger partial charge is 0.463 e. The van der Waals surface area contributed by atoms with E-state index in [1.807, 2.05) is 33.8 Å². The highest BCUT2D eigenvalue weighted by Gasteiger charge is 2.46. The second-order valence-corrected chi connectivity index (χ2v) is 4.55. The van der Waals surface area contributed by atoms with Crippen molar-refractivity contribution >= 4 is 5.97 Å². The van der Waals surface area contributed by atoms with E-state index in [2.05, 4.69) is 0 Å². The fourth-order valence-electron chi connectivity index (χ4n) is 2.24. The van der Waals surface area contributed by atoms with Crippen molar-refractivity contribution in [2.75, 3.05) is 6.61 Å². The number of allylic oxidation sites excluding steroid dienone is 1. The Kier molecular flexibility index (Phi) is 5.35. The molecule has 0 saturated carbocycles. The van der Waals surface area contributed by atoms with Gasteiger partial charge in [-0.05, 0) is 33.6 Å². The number of rotatable bonds is 2. The van der Waals surface area contributed by atoms with Gasteiger partial charge in [-0.3, -0.25) is 0 Å². The Morgan fingerprint density at radius 2 is 2.11 bits per heavy atom. The van der Waals surface area contributed by atoms with Crippen LogP contribution < -0.4 is 0 Å². The molecule has 0 radical (unpaired) electrons. The molecule has 1 fully saturated rings. The van der Waals surface area contributed by atoms with Crippen molar-refractivity contribution < 1.29 is 19.0 Å². The van der Waals surface area contributed by atoms with Crippen LogP contribution in [-0.2, 0) is 19.0 Å². The second kappa shape index (κ2) is 6.34. The summed E-state index contributed by atoms with van der Waals surface area (Å²) in [6, 6.07) is 0. The molecule has 104 valence electrons. The molecule has 2 rings (SSSR count). The van der Waals surface area contributed by atoms with Crippen molar-refractivity contribution in [3.63, 3.8) is 0 Å². The predicted molar refractivity (Wildman–Crippen MR) is 69.1 cm³/mol. The van der Waals surface area contributed by atoms with Crippen LogP contribution in [0.4, 0.5) is 0 Å². The molecule has 0 N–H and O–H groups in total. The molecule has 0 aromatic rings. The van der Waals surface area contributed by atoms with Gasteiger partial charge in [0.15, 0.2) is 5.79 Å². The van der Waals surface area contributed by atoms with E-state index in [4.69, 9.17) is 14.2 Å². The molecule has 18 heavy (non-hydrogen) atoms. The first-order valence-electron chi connectivity index (χ1n) is 6.76. The van der Waals surface area contributed by atoms with Crippen molar-refractivity contribution in [3.8, 4) is 0 Å². The lowest BCUT2D eigenvalue weighted by atomic mass is 9.94. The van der Waals surface area contributed by atoms with Crippen molar-refractivity contribution in [2.45, 2.75) is 65.5 Å². The van der Waals surface area contributed by atoms with Gasteiger partial charge >= 0.3 is 5.97 Å². The Labute approximate surface area is 109 Å². The fourth-order valence-corrected chi connectivity index (χ4v) is 2.24. The summed E-state index contributed by atoms with van der Waals surface area (Å²) in [4.78, 5) is 11.7. The Hall–Kier alpha value is -0.870. The minimum absolute atomic E-state index is 0.0144. The minimum atomic E-state index is -0.606. The summed E-state index contributed by atoms with van der Waals surface area (Å²) < 4.78 is 16.5. The first kappa shape index (κ1) is 15.2. The van der Waals surface area contributed by atoms with Crippen LogP contribution in [-0.4, -0.2) is 30.6 Å². The number of carbonyl (C=O) groups excluding carboxylic acids is 1. The number of ether oxygens (including phenoxy) is 3. The normalized spacial score (nSPS) is 28.6. The topological polar surface area (TPSA) is 44.8 Å². The third-order valence-corrected chi connectivity index (χ3v) is 2.82. The van der Waals surface area contributed by atoms with Gasteiger partial charge in [0.2, 0.25) is 0 Å². The van der Waals surface area contributed by atoms with Gasteiger partial charge in [0, 0.05) is 0 Å². The molecule has 0 aromatic carbocycles. The highest BCUT2D eigenvalue weighted by atomic mass is 16.8. The minimum Gasteiger partial charge on any atom is -0.463 e. The van der Waals surface area contributed by atoms with Crippen LogP contribution in [0.15, 0.2) is 11.6 Å². The zero-order valence-electron chi connectivity index (χ0n) is 12.0. The van der Waals surface area contributed by atoms with Gasteiger partial charge < -0.3 is 14.2 Å². The summed E-state index contributed by atoms with van der Waals surface area (Å²) in [5.74, 6) is -0.885. The van der Waals surface area contributed by atoms with Crippen LogP contribution in [0.2, 0.25) is 0 Å². The smallest absolute Gasteiger partial charge is 0.336 e. The summed E-state index contributed by atoms with van der Waals surface area (Å²) in [5, 5.41) is 0. The maximum absolute atomic E-state index is 11.7. The molecule has 1 aliphatic heterocycles. The Balaban J connectivity index is 0.000000771. The molecule has 2 atom stereocenters. The molecule has 4 nitrogen and oxygen atoms in total. The van der Waals surface area contributed by atoms with Gasteiger partial charge in [0.1, 0.15) is 6.10 Å². The summed E-state index contributed by atoms with van der Waals surface area (Å²) in [5.41, 5.74) is 0.615. The lowest BCUT2D eigenvalue weighted by Crippen LogP contribution is -2.32. The molecule has 4 heteroatoms. The first-order chi connectivity index (χ1) is 8.53. The summed E-state index contributed by atoms with van der Waals surface area (Å²) in [6.45, 7) is 9.93. The predicted octanol–water partition coefficient (Wildman–Crippen LogP) is 2.82. The van der Waals surface area contributed by atoms with E-state index in [-0.39, 0.29) is 18.2 Å². The van der Waals surface area contributed by atoms with Crippen molar-refractivity contribution in [3.05, 3.63) is 11.6 Å². The summed E-state index contributed by atoms with van der Waals surface area (Å²) in [7, 11) is 0. The summed E-state index contributed by atoms with van der Waals surface area (Å²) >= 11 is 0. The van der Waals surface area contributed by atoms with Gasteiger partial charge in [-0.2, -0.15) is 0 Å². The van der Waals surface area contributed by atoms with Crippen LogP contribution in [0.25, 0.3) is 0 Å². The number of hydrogen-bond acceptors (Lipinski definition) is 4. The van der Waals surface area contributed by atoms with Gasteiger partial charge in [-0.1, -0.05) is 19.9 Å². The van der Waals surface area contributed by atoms with Gasteiger partial charge in [0.05, 0.1) is 18.3 Å². The molecule has 2 unspecified atom stereocenters. The lowest BCUT2D eigenvalue weighted by molar-refractivity contribution is -0.147. The van der Waals surface area contributed by atoms with Crippen LogP contribution in [0.3, 0.4) is 0 Å². The molecule has 0 spiro atoms. The fraction of sp³-hybridized carbons (Fsp3) is 0.786. The van der Waals surface area contributed by atoms with E-state index in [1.54, 1.807) is 6.92 Å². The van der Waals surface area contributed by atoms with Crippen molar-refractivity contribution in [1.82, 2.24) is 0 Å². The van der Waals surface area contributed by atoms with E-state index in [0.29, 0.717) is 12.2 Å². The highest BCUT2D eigenvalue weighted by molar-refractivity contribution is 5.90. The van der Waals surface area contributed by atoms with E-state index < -0.39 is 5.79 Å². The Bertz CT molecular complexity index is 320. The third kappa shape index (κ3) is 3.33. The maximum atomic E-state index is 11.7. The zero-order chi connectivity index (χ0) is 13.8. The first-order valence-corrected chi connectivity index (χ1v) is 6.76. The van der Waals surface area contributed by atoms with Gasteiger partial charge in [0.25, 0.3) is 0 Å². The molecule has 0 bridgehead atoms. The average Bonchev–Trinajstić information content (AvgIpc) is 2.65. The SMILES string of the molecule is CC.CCOC(=O)C1=CCCC2OC(C)(C)OC12. The van der Waals surface area contributed by atoms with Crippen LogP contribution in [0.1, 0.15) is 47.5 Å². The second-order valence-electron chi connectivity index (χ2n) is 4.55. The monoisotopic (exact) mass is 256 g/mol. The molecule has 0 aromatic heterocycles. The summed E-state index contributed by atoms with van der Waals surface area (Å²) in [6.07, 6.45) is 3.37. The van der Waals surface area contributed by atoms with E-state index in [1.165, 1.54) is 0 Å². The van der Waals surface area contributed by atoms with Crippen molar-refractivity contribution in [2.24, 2.45) is 0 Å². The zero-order valence-corrected chi connectivity index (χ0v) is 12.0. The van der Waals surface area contributed by atoms with Gasteiger partial charge in [-0.25, -0.2) is 4.79 Å². The van der Waals surface area contributed by atoms with Crippen LogP contribution >= 0.6 is 0 Å². The lowest BCUT2D eigenvalue weighted by Gasteiger charge is -2.22. The van der Waals surface area contributed by atoms with E-state index >= 15 is 0 Å².